The molecule has 0 bridgehead atoms. The van der Waals surface area contributed by atoms with Crippen LogP contribution in [0, 0.1) is 0 Å². The average Bonchev–Trinajstić information content (AvgIpc) is 2.66. The SMILES string of the molecule is CCCN1C(=O)/C(=C/c2ccccc2C(F)(F)F)N=C1C. The molecule has 112 valence electrons. The fourth-order valence-corrected chi connectivity index (χ4v) is 2.18. The van der Waals surface area contributed by atoms with Gasteiger partial charge in [-0.25, -0.2) is 4.99 Å². The molecule has 1 aromatic carbocycles. The van der Waals surface area contributed by atoms with Crippen LogP contribution in [-0.4, -0.2) is 23.2 Å². The van der Waals surface area contributed by atoms with Crippen molar-refractivity contribution in [2.75, 3.05) is 6.54 Å². The third-order valence-corrected chi connectivity index (χ3v) is 3.14. The highest BCUT2D eigenvalue weighted by molar-refractivity contribution is 6.13. The number of carbonyl (C=O) groups excluding carboxylic acids is 1. The number of benzene rings is 1. The molecular weight excluding hydrogens is 281 g/mol. The quantitative estimate of drug-likeness (QED) is 0.782. The molecule has 0 atom stereocenters. The van der Waals surface area contributed by atoms with E-state index in [0.717, 1.165) is 12.5 Å². The molecule has 3 nitrogen and oxygen atoms in total. The first-order valence-corrected chi connectivity index (χ1v) is 6.59. The lowest BCUT2D eigenvalue weighted by molar-refractivity contribution is -0.137. The Morgan fingerprint density at radius 3 is 2.57 bits per heavy atom. The summed E-state index contributed by atoms with van der Waals surface area (Å²) in [6.45, 7) is 4.09. The Kier molecular flexibility index (Phi) is 4.16. The number of alkyl halides is 3. The van der Waals surface area contributed by atoms with Gasteiger partial charge in [-0.2, -0.15) is 13.2 Å². The van der Waals surface area contributed by atoms with E-state index < -0.39 is 11.7 Å². The topological polar surface area (TPSA) is 32.7 Å². The molecule has 0 aliphatic carbocycles. The monoisotopic (exact) mass is 296 g/mol. The van der Waals surface area contributed by atoms with Crippen molar-refractivity contribution in [3.8, 4) is 0 Å². The van der Waals surface area contributed by atoms with E-state index in [1.807, 2.05) is 6.92 Å². The molecule has 1 aliphatic heterocycles. The number of halogens is 3. The van der Waals surface area contributed by atoms with Crippen LogP contribution in [0.15, 0.2) is 35.0 Å². The lowest BCUT2D eigenvalue weighted by Crippen LogP contribution is -2.31. The maximum Gasteiger partial charge on any atom is 0.416 e. The molecule has 1 aliphatic rings. The van der Waals surface area contributed by atoms with Gasteiger partial charge in [-0.3, -0.25) is 9.69 Å². The van der Waals surface area contributed by atoms with Crippen molar-refractivity contribution in [3.63, 3.8) is 0 Å². The molecule has 1 heterocycles. The van der Waals surface area contributed by atoms with Crippen molar-refractivity contribution in [3.05, 3.63) is 41.1 Å². The second-order valence-corrected chi connectivity index (χ2v) is 4.73. The predicted molar refractivity (Wildman–Crippen MR) is 74.5 cm³/mol. The maximum atomic E-state index is 12.9. The van der Waals surface area contributed by atoms with E-state index in [2.05, 4.69) is 4.99 Å². The van der Waals surface area contributed by atoms with Gasteiger partial charge < -0.3 is 0 Å². The summed E-state index contributed by atoms with van der Waals surface area (Å²) in [5.41, 5.74) is -0.784. The summed E-state index contributed by atoms with van der Waals surface area (Å²) in [5.74, 6) is 0.156. The third-order valence-electron chi connectivity index (χ3n) is 3.14. The lowest BCUT2D eigenvalue weighted by atomic mass is 10.1. The van der Waals surface area contributed by atoms with E-state index in [4.69, 9.17) is 0 Å². The number of hydrogen-bond donors (Lipinski definition) is 0. The van der Waals surface area contributed by atoms with Crippen LogP contribution < -0.4 is 0 Å². The van der Waals surface area contributed by atoms with Crippen LogP contribution in [0.5, 0.6) is 0 Å². The molecule has 0 radical (unpaired) electrons. The van der Waals surface area contributed by atoms with Crippen molar-refractivity contribution >= 4 is 17.8 Å². The molecule has 0 aromatic heterocycles. The first-order valence-electron chi connectivity index (χ1n) is 6.59. The predicted octanol–water partition coefficient (Wildman–Crippen LogP) is 3.72. The van der Waals surface area contributed by atoms with Gasteiger partial charge in [0.25, 0.3) is 5.91 Å². The summed E-state index contributed by atoms with van der Waals surface area (Å²) >= 11 is 0. The van der Waals surface area contributed by atoms with Gasteiger partial charge in [0.05, 0.1) is 5.56 Å². The minimum absolute atomic E-state index is 0.0395. The maximum absolute atomic E-state index is 12.9. The molecule has 1 amide bonds. The number of amidine groups is 1. The minimum atomic E-state index is -4.46. The molecule has 0 spiro atoms. The van der Waals surface area contributed by atoms with Crippen molar-refractivity contribution < 1.29 is 18.0 Å². The van der Waals surface area contributed by atoms with Crippen molar-refractivity contribution in [2.24, 2.45) is 4.99 Å². The van der Waals surface area contributed by atoms with Crippen LogP contribution in [0.3, 0.4) is 0 Å². The lowest BCUT2D eigenvalue weighted by Gasteiger charge is -2.14. The van der Waals surface area contributed by atoms with E-state index in [-0.39, 0.29) is 17.2 Å². The first kappa shape index (κ1) is 15.3. The Morgan fingerprint density at radius 1 is 1.29 bits per heavy atom. The van der Waals surface area contributed by atoms with Gasteiger partial charge in [0.1, 0.15) is 11.5 Å². The van der Waals surface area contributed by atoms with E-state index in [1.54, 1.807) is 6.92 Å². The summed E-state index contributed by atoms with van der Waals surface area (Å²) in [4.78, 5) is 17.7. The van der Waals surface area contributed by atoms with Crippen LogP contribution in [-0.2, 0) is 11.0 Å². The third kappa shape index (κ3) is 3.15. The summed E-state index contributed by atoms with van der Waals surface area (Å²) in [6.07, 6.45) is -2.51. The van der Waals surface area contributed by atoms with Crippen LogP contribution in [0.2, 0.25) is 0 Å². The number of aliphatic imine (C=N–C) groups is 1. The molecule has 0 fully saturated rings. The summed E-state index contributed by atoms with van der Waals surface area (Å²) in [5, 5.41) is 0. The number of nitrogens with zero attached hydrogens (tertiary/aromatic N) is 2. The zero-order chi connectivity index (χ0) is 15.6. The standard InChI is InChI=1S/C15H15F3N2O/c1-3-8-20-10(2)19-13(14(20)21)9-11-6-4-5-7-12(11)15(16,17)18/h4-7,9H,3,8H2,1-2H3/b13-9-. The highest BCUT2D eigenvalue weighted by Gasteiger charge is 2.33. The Balaban J connectivity index is 2.41. The van der Waals surface area contributed by atoms with Crippen LogP contribution >= 0.6 is 0 Å². The van der Waals surface area contributed by atoms with Crippen LogP contribution in [0.1, 0.15) is 31.4 Å². The molecule has 0 saturated carbocycles. The second-order valence-electron chi connectivity index (χ2n) is 4.73. The fourth-order valence-electron chi connectivity index (χ4n) is 2.18. The van der Waals surface area contributed by atoms with Gasteiger partial charge in [0.2, 0.25) is 0 Å². The van der Waals surface area contributed by atoms with Gasteiger partial charge in [-0.1, -0.05) is 25.1 Å². The Bertz CT molecular complexity index is 618. The Labute approximate surface area is 120 Å². The fraction of sp³-hybridized carbons (Fsp3) is 0.333. The van der Waals surface area contributed by atoms with Crippen molar-refractivity contribution in [1.82, 2.24) is 4.90 Å². The number of amides is 1. The van der Waals surface area contributed by atoms with Crippen molar-refractivity contribution in [2.45, 2.75) is 26.4 Å². The summed E-state index contributed by atoms with van der Waals surface area (Å²) in [6, 6.07) is 5.14. The number of rotatable bonds is 3. The second kappa shape index (κ2) is 5.71. The minimum Gasteiger partial charge on any atom is -0.295 e. The van der Waals surface area contributed by atoms with Gasteiger partial charge in [-0.05, 0) is 31.1 Å². The molecule has 6 heteroatoms. The van der Waals surface area contributed by atoms with Gasteiger partial charge in [-0.15, -0.1) is 0 Å². The van der Waals surface area contributed by atoms with Gasteiger partial charge >= 0.3 is 6.18 Å². The molecule has 21 heavy (non-hydrogen) atoms. The van der Waals surface area contributed by atoms with E-state index in [9.17, 15) is 18.0 Å². The van der Waals surface area contributed by atoms with Crippen LogP contribution in [0.25, 0.3) is 6.08 Å². The van der Waals surface area contributed by atoms with Crippen LogP contribution in [0.4, 0.5) is 13.2 Å². The number of carbonyl (C=O) groups is 1. The number of hydrogen-bond acceptors (Lipinski definition) is 2. The van der Waals surface area contributed by atoms with E-state index >= 15 is 0 Å². The summed E-state index contributed by atoms with van der Waals surface area (Å²) in [7, 11) is 0. The van der Waals surface area contributed by atoms with Gasteiger partial charge in [0.15, 0.2) is 0 Å². The molecule has 0 N–H and O–H groups in total. The smallest absolute Gasteiger partial charge is 0.295 e. The Hall–Kier alpha value is -2.11. The summed E-state index contributed by atoms with van der Waals surface area (Å²) < 4.78 is 38.8. The zero-order valence-corrected chi connectivity index (χ0v) is 11.7. The molecule has 0 unspecified atom stereocenters. The highest BCUT2D eigenvalue weighted by atomic mass is 19.4. The van der Waals surface area contributed by atoms with E-state index in [1.165, 1.54) is 29.2 Å². The average molecular weight is 296 g/mol. The van der Waals surface area contributed by atoms with Gasteiger partial charge in [0, 0.05) is 6.54 Å². The molecular formula is C15H15F3N2O. The molecule has 1 aromatic rings. The molecule has 0 saturated heterocycles. The molecule has 2 rings (SSSR count). The van der Waals surface area contributed by atoms with Crippen molar-refractivity contribution in [1.29, 1.82) is 0 Å². The zero-order valence-electron chi connectivity index (χ0n) is 11.7. The highest BCUT2D eigenvalue weighted by Crippen LogP contribution is 2.33. The first-order chi connectivity index (χ1) is 9.84. The normalized spacial score (nSPS) is 17.6. The largest absolute Gasteiger partial charge is 0.416 e. The van der Waals surface area contributed by atoms with E-state index in [0.29, 0.717) is 12.4 Å². The Morgan fingerprint density at radius 2 is 1.95 bits per heavy atom.